The first-order chi connectivity index (χ1) is 7.70. The Morgan fingerprint density at radius 3 is 2.94 bits per heavy atom. The van der Waals surface area contributed by atoms with Crippen LogP contribution in [0.2, 0.25) is 0 Å². The van der Waals surface area contributed by atoms with E-state index in [2.05, 4.69) is 25.0 Å². The van der Waals surface area contributed by atoms with Gasteiger partial charge in [0.05, 0.1) is 4.88 Å². The largest absolute Gasteiger partial charge is 0.254 e. The third kappa shape index (κ3) is 2.15. The molecule has 2 heterocycles. The summed E-state index contributed by atoms with van der Waals surface area (Å²) in [6.45, 7) is 5.02. The summed E-state index contributed by atoms with van der Waals surface area (Å²) in [6, 6.07) is 8.06. The Kier molecular flexibility index (Phi) is 3.07. The Labute approximate surface area is 99.0 Å². The summed E-state index contributed by atoms with van der Waals surface area (Å²) >= 11 is 1.64. The van der Waals surface area contributed by atoms with Gasteiger partial charge in [0, 0.05) is 12.6 Å². The molecule has 0 saturated carbocycles. The fourth-order valence-electron chi connectivity index (χ4n) is 1.54. The molecule has 0 radical (unpaired) electrons. The van der Waals surface area contributed by atoms with Crippen molar-refractivity contribution in [2.75, 3.05) is 0 Å². The van der Waals surface area contributed by atoms with Crippen molar-refractivity contribution in [3.05, 3.63) is 29.3 Å². The lowest BCUT2D eigenvalue weighted by molar-refractivity contribution is 0.480. The van der Waals surface area contributed by atoms with Gasteiger partial charge in [-0.2, -0.15) is 10.4 Å². The van der Waals surface area contributed by atoms with Gasteiger partial charge in [-0.05, 0) is 17.4 Å². The molecule has 2 aromatic heterocycles. The predicted octanol–water partition coefficient (Wildman–Crippen LogP) is 3.14. The lowest BCUT2D eigenvalue weighted by Gasteiger charge is -2.05. The minimum Gasteiger partial charge on any atom is -0.254 e. The first-order valence-corrected chi connectivity index (χ1v) is 6.10. The number of rotatable bonds is 3. The van der Waals surface area contributed by atoms with Gasteiger partial charge in [0.25, 0.3) is 0 Å². The number of nitrogens with zero attached hydrogens (tertiary/aromatic N) is 3. The first-order valence-electron chi connectivity index (χ1n) is 5.22. The van der Waals surface area contributed by atoms with Crippen molar-refractivity contribution in [2.24, 2.45) is 5.92 Å². The molecule has 0 aromatic carbocycles. The molecule has 2 aromatic rings. The van der Waals surface area contributed by atoms with Crippen molar-refractivity contribution < 1.29 is 0 Å². The van der Waals surface area contributed by atoms with Gasteiger partial charge in [0.15, 0.2) is 0 Å². The Morgan fingerprint density at radius 2 is 2.38 bits per heavy atom. The smallest absolute Gasteiger partial charge is 0.139 e. The number of hydrogen-bond acceptors (Lipinski definition) is 3. The van der Waals surface area contributed by atoms with Gasteiger partial charge in [-0.15, -0.1) is 11.3 Å². The maximum atomic E-state index is 9.03. The molecule has 0 aliphatic carbocycles. The molecule has 0 unspecified atom stereocenters. The Hall–Kier alpha value is -1.60. The van der Waals surface area contributed by atoms with Gasteiger partial charge in [0.1, 0.15) is 17.5 Å². The van der Waals surface area contributed by atoms with Crippen molar-refractivity contribution in [3.8, 4) is 16.6 Å². The number of nitriles is 1. The highest BCUT2D eigenvalue weighted by atomic mass is 32.1. The van der Waals surface area contributed by atoms with Crippen LogP contribution in [0.3, 0.4) is 0 Å². The zero-order valence-corrected chi connectivity index (χ0v) is 10.2. The van der Waals surface area contributed by atoms with E-state index >= 15 is 0 Å². The summed E-state index contributed by atoms with van der Waals surface area (Å²) in [6.07, 6.45) is 0. The molecule has 16 heavy (non-hydrogen) atoms. The third-order valence-corrected chi connectivity index (χ3v) is 3.10. The topological polar surface area (TPSA) is 41.6 Å². The normalized spacial score (nSPS) is 10.6. The average Bonchev–Trinajstić information content (AvgIpc) is 2.83. The molecule has 82 valence electrons. The standard InChI is InChI=1S/C12H13N3S/c1-9(2)8-15-10(7-13)6-11(14-15)12-4-3-5-16-12/h3-6,9H,8H2,1-2H3. The molecule has 3 nitrogen and oxygen atoms in total. The summed E-state index contributed by atoms with van der Waals surface area (Å²) < 4.78 is 1.79. The molecule has 2 rings (SSSR count). The highest BCUT2D eigenvalue weighted by Crippen LogP contribution is 2.24. The fourth-order valence-corrected chi connectivity index (χ4v) is 2.22. The van der Waals surface area contributed by atoms with E-state index in [-0.39, 0.29) is 0 Å². The van der Waals surface area contributed by atoms with Crippen LogP contribution in [0.5, 0.6) is 0 Å². The van der Waals surface area contributed by atoms with Crippen LogP contribution in [0.1, 0.15) is 19.5 Å². The quantitative estimate of drug-likeness (QED) is 0.814. The Bertz CT molecular complexity index is 503. The Morgan fingerprint density at radius 1 is 1.56 bits per heavy atom. The van der Waals surface area contributed by atoms with Crippen LogP contribution in [0.15, 0.2) is 23.6 Å². The molecule has 0 aliphatic rings. The van der Waals surface area contributed by atoms with Crippen LogP contribution >= 0.6 is 11.3 Å². The van der Waals surface area contributed by atoms with Crippen LogP contribution in [-0.4, -0.2) is 9.78 Å². The summed E-state index contributed by atoms with van der Waals surface area (Å²) in [5.74, 6) is 0.489. The van der Waals surface area contributed by atoms with Crippen molar-refractivity contribution in [3.63, 3.8) is 0 Å². The minimum absolute atomic E-state index is 0.489. The van der Waals surface area contributed by atoms with Gasteiger partial charge in [-0.3, -0.25) is 4.68 Å². The highest BCUT2D eigenvalue weighted by molar-refractivity contribution is 7.13. The number of hydrogen-bond donors (Lipinski definition) is 0. The SMILES string of the molecule is CC(C)Cn1nc(-c2cccs2)cc1C#N. The molecule has 0 amide bonds. The van der Waals surface area contributed by atoms with E-state index in [4.69, 9.17) is 5.26 Å². The molecule has 4 heteroatoms. The maximum absolute atomic E-state index is 9.03. The molecule has 0 aliphatic heterocycles. The van der Waals surface area contributed by atoms with Crippen LogP contribution < -0.4 is 0 Å². The van der Waals surface area contributed by atoms with Crippen LogP contribution in [-0.2, 0) is 6.54 Å². The van der Waals surface area contributed by atoms with Crippen LogP contribution in [0.25, 0.3) is 10.6 Å². The highest BCUT2D eigenvalue weighted by Gasteiger charge is 2.10. The van der Waals surface area contributed by atoms with Gasteiger partial charge < -0.3 is 0 Å². The van der Waals surface area contributed by atoms with Gasteiger partial charge in [-0.1, -0.05) is 19.9 Å². The number of thiophene rings is 1. The van der Waals surface area contributed by atoms with Crippen LogP contribution in [0.4, 0.5) is 0 Å². The monoisotopic (exact) mass is 231 g/mol. The van der Waals surface area contributed by atoms with E-state index in [1.165, 1.54) is 0 Å². The zero-order valence-electron chi connectivity index (χ0n) is 9.34. The second-order valence-electron chi connectivity index (χ2n) is 4.08. The van der Waals surface area contributed by atoms with E-state index < -0.39 is 0 Å². The van der Waals surface area contributed by atoms with E-state index in [9.17, 15) is 0 Å². The van der Waals surface area contributed by atoms with Crippen molar-refractivity contribution in [1.82, 2.24) is 9.78 Å². The van der Waals surface area contributed by atoms with E-state index in [1.807, 2.05) is 23.6 Å². The molecular weight excluding hydrogens is 218 g/mol. The first kappa shape index (κ1) is 10.9. The fraction of sp³-hybridized carbons (Fsp3) is 0.333. The average molecular weight is 231 g/mol. The zero-order chi connectivity index (χ0) is 11.5. The molecule has 0 saturated heterocycles. The third-order valence-electron chi connectivity index (χ3n) is 2.21. The van der Waals surface area contributed by atoms with E-state index in [1.54, 1.807) is 16.0 Å². The summed E-state index contributed by atoms with van der Waals surface area (Å²) in [5, 5.41) is 15.5. The van der Waals surface area contributed by atoms with E-state index in [0.29, 0.717) is 11.6 Å². The van der Waals surface area contributed by atoms with Crippen LogP contribution in [0, 0.1) is 17.2 Å². The molecule has 0 atom stereocenters. The molecule has 0 fully saturated rings. The lowest BCUT2D eigenvalue weighted by atomic mass is 10.2. The number of aromatic nitrogens is 2. The van der Waals surface area contributed by atoms with Gasteiger partial charge in [0.2, 0.25) is 0 Å². The molecule has 0 N–H and O–H groups in total. The minimum atomic E-state index is 0.489. The van der Waals surface area contributed by atoms with Gasteiger partial charge in [-0.25, -0.2) is 0 Å². The van der Waals surface area contributed by atoms with Crippen molar-refractivity contribution in [1.29, 1.82) is 5.26 Å². The summed E-state index contributed by atoms with van der Waals surface area (Å²) in [4.78, 5) is 1.11. The second kappa shape index (κ2) is 4.50. The van der Waals surface area contributed by atoms with E-state index in [0.717, 1.165) is 17.1 Å². The lowest BCUT2D eigenvalue weighted by Crippen LogP contribution is -2.07. The van der Waals surface area contributed by atoms with Crippen molar-refractivity contribution in [2.45, 2.75) is 20.4 Å². The predicted molar refractivity (Wildman–Crippen MR) is 65.1 cm³/mol. The second-order valence-corrected chi connectivity index (χ2v) is 5.03. The van der Waals surface area contributed by atoms with Gasteiger partial charge >= 0.3 is 0 Å². The summed E-state index contributed by atoms with van der Waals surface area (Å²) in [5.41, 5.74) is 1.53. The molecule has 0 spiro atoms. The maximum Gasteiger partial charge on any atom is 0.139 e. The van der Waals surface area contributed by atoms with Crippen molar-refractivity contribution >= 4 is 11.3 Å². The summed E-state index contributed by atoms with van der Waals surface area (Å²) in [7, 11) is 0. The Balaban J connectivity index is 2.37. The molecule has 0 bridgehead atoms. The molecular formula is C12H13N3S.